The minimum atomic E-state index is -0.393. The maximum absolute atomic E-state index is 12.9. The summed E-state index contributed by atoms with van der Waals surface area (Å²) in [6.45, 7) is 0. The van der Waals surface area contributed by atoms with Crippen LogP contribution in [0.4, 0.5) is 0 Å². The van der Waals surface area contributed by atoms with E-state index in [1.165, 1.54) is 6.42 Å². The lowest BCUT2D eigenvalue weighted by Gasteiger charge is -2.41. The van der Waals surface area contributed by atoms with Crippen LogP contribution < -0.4 is 0 Å². The van der Waals surface area contributed by atoms with Crippen molar-refractivity contribution in [2.24, 2.45) is 7.05 Å². The molecule has 0 aromatic carbocycles. The van der Waals surface area contributed by atoms with Crippen LogP contribution in [-0.2, 0) is 7.05 Å². The molecule has 1 aliphatic carbocycles. The second kappa shape index (κ2) is 5.09. The number of nitrogens with zero attached hydrogens (tertiary/aromatic N) is 4. The summed E-state index contributed by atoms with van der Waals surface area (Å²) in [5.41, 5.74) is 0.182. The van der Waals surface area contributed by atoms with Crippen molar-refractivity contribution < 1.29 is 4.79 Å². The molecule has 1 aliphatic rings. The molecular formula is C12H19BrN4O. The minimum Gasteiger partial charge on any atom is -0.297 e. The number of aryl methyl sites for hydroxylation is 1. The van der Waals surface area contributed by atoms with Crippen molar-refractivity contribution in [2.75, 3.05) is 14.1 Å². The molecule has 1 aromatic heterocycles. The van der Waals surface area contributed by atoms with E-state index in [0.717, 1.165) is 25.7 Å². The van der Waals surface area contributed by atoms with Gasteiger partial charge in [0.15, 0.2) is 4.60 Å². The van der Waals surface area contributed by atoms with Crippen molar-refractivity contribution in [1.82, 2.24) is 19.9 Å². The molecule has 0 radical (unpaired) electrons. The lowest BCUT2D eigenvalue weighted by Crippen LogP contribution is -2.53. The molecule has 0 aliphatic heterocycles. The van der Waals surface area contributed by atoms with E-state index < -0.39 is 5.54 Å². The van der Waals surface area contributed by atoms with Gasteiger partial charge in [-0.1, -0.05) is 24.5 Å². The molecule has 1 saturated carbocycles. The molecular weight excluding hydrogens is 296 g/mol. The molecule has 0 amide bonds. The van der Waals surface area contributed by atoms with Gasteiger partial charge in [0.25, 0.3) is 0 Å². The Kier molecular flexibility index (Phi) is 3.87. The Morgan fingerprint density at radius 2 is 1.94 bits per heavy atom. The van der Waals surface area contributed by atoms with Gasteiger partial charge in [-0.25, -0.2) is 4.68 Å². The van der Waals surface area contributed by atoms with Crippen molar-refractivity contribution in [3.63, 3.8) is 0 Å². The summed E-state index contributed by atoms with van der Waals surface area (Å²) in [5.74, 6) is 0.131. The molecule has 6 heteroatoms. The summed E-state index contributed by atoms with van der Waals surface area (Å²) < 4.78 is 2.11. The molecule has 100 valence electrons. The smallest absolute Gasteiger partial charge is 0.203 e. The lowest BCUT2D eigenvalue weighted by atomic mass is 9.76. The van der Waals surface area contributed by atoms with Crippen LogP contribution in [0.2, 0.25) is 0 Å². The highest BCUT2D eigenvalue weighted by Gasteiger charge is 2.43. The normalized spacial score (nSPS) is 19.2. The zero-order chi connectivity index (χ0) is 13.3. The van der Waals surface area contributed by atoms with Crippen molar-refractivity contribution in [1.29, 1.82) is 0 Å². The number of hydrogen-bond acceptors (Lipinski definition) is 4. The number of aromatic nitrogens is 3. The number of Topliss-reactive ketones (excluding diaryl/α,β-unsaturated/α-hetero) is 1. The molecule has 0 N–H and O–H groups in total. The van der Waals surface area contributed by atoms with Gasteiger partial charge in [-0.15, -0.1) is 5.10 Å². The summed E-state index contributed by atoms with van der Waals surface area (Å²) in [6, 6.07) is 0. The Morgan fingerprint density at radius 1 is 1.33 bits per heavy atom. The molecule has 0 atom stereocenters. The Labute approximate surface area is 116 Å². The van der Waals surface area contributed by atoms with Crippen LogP contribution in [0.5, 0.6) is 0 Å². The molecule has 18 heavy (non-hydrogen) atoms. The van der Waals surface area contributed by atoms with Gasteiger partial charge in [0.05, 0.1) is 5.54 Å². The van der Waals surface area contributed by atoms with Crippen LogP contribution in [0.15, 0.2) is 4.60 Å². The Bertz CT molecular complexity index is 429. The average molecular weight is 315 g/mol. The summed E-state index contributed by atoms with van der Waals surface area (Å²) in [6.07, 6.45) is 5.25. The third-order valence-corrected chi connectivity index (χ3v) is 4.49. The number of likely N-dealkylation sites (N-methyl/N-ethyl adjacent to an activating group) is 1. The Balaban J connectivity index is 2.41. The molecule has 5 nitrogen and oxygen atoms in total. The van der Waals surface area contributed by atoms with Gasteiger partial charge in [-0.2, -0.15) is 0 Å². The summed E-state index contributed by atoms with van der Waals surface area (Å²) >= 11 is 3.32. The second-order valence-electron chi connectivity index (χ2n) is 5.17. The van der Waals surface area contributed by atoms with Crippen molar-refractivity contribution in [3.05, 3.63) is 10.3 Å². The first kappa shape index (κ1) is 13.7. The van der Waals surface area contributed by atoms with E-state index in [2.05, 4.69) is 31.1 Å². The van der Waals surface area contributed by atoms with Crippen LogP contribution in [0.1, 0.15) is 42.6 Å². The van der Waals surface area contributed by atoms with Gasteiger partial charge in [0.2, 0.25) is 5.78 Å². The van der Waals surface area contributed by atoms with E-state index in [9.17, 15) is 4.79 Å². The third-order valence-electron chi connectivity index (χ3n) is 3.96. The fourth-order valence-electron chi connectivity index (χ4n) is 2.81. The third kappa shape index (κ3) is 2.12. The van der Waals surface area contributed by atoms with Gasteiger partial charge >= 0.3 is 0 Å². The monoisotopic (exact) mass is 314 g/mol. The zero-order valence-corrected chi connectivity index (χ0v) is 12.7. The van der Waals surface area contributed by atoms with Crippen LogP contribution in [-0.4, -0.2) is 45.3 Å². The van der Waals surface area contributed by atoms with Gasteiger partial charge in [0, 0.05) is 7.05 Å². The van der Waals surface area contributed by atoms with Gasteiger partial charge in [-0.05, 0) is 42.9 Å². The first-order chi connectivity index (χ1) is 8.49. The maximum atomic E-state index is 12.9. The van der Waals surface area contributed by atoms with E-state index in [1.54, 1.807) is 11.7 Å². The largest absolute Gasteiger partial charge is 0.297 e. The highest BCUT2D eigenvalue weighted by atomic mass is 79.9. The second-order valence-corrected chi connectivity index (χ2v) is 5.92. The number of ketones is 1. The molecule has 0 bridgehead atoms. The predicted molar refractivity (Wildman–Crippen MR) is 72.5 cm³/mol. The lowest BCUT2D eigenvalue weighted by molar-refractivity contribution is 0.0552. The topological polar surface area (TPSA) is 51.0 Å². The number of hydrogen-bond donors (Lipinski definition) is 0. The standard InChI is InChI=1S/C12H19BrN4O/c1-16(2)12(7-5-4-6-8-12)10(18)9-11(13)14-15-17(9)3/h4-8H2,1-3H3. The number of halogens is 1. The molecule has 1 aromatic rings. The Morgan fingerprint density at radius 3 is 2.39 bits per heavy atom. The average Bonchev–Trinajstić information content (AvgIpc) is 2.69. The fourth-order valence-corrected chi connectivity index (χ4v) is 3.31. The SMILES string of the molecule is CN(C)C1(C(=O)c2c(Br)nnn2C)CCCCC1. The quantitative estimate of drug-likeness (QED) is 0.801. The van der Waals surface area contributed by atoms with Crippen molar-refractivity contribution >= 4 is 21.7 Å². The van der Waals surface area contributed by atoms with Gasteiger partial charge in [-0.3, -0.25) is 9.69 Å². The number of carbonyl (C=O) groups excluding carboxylic acids is 1. The van der Waals surface area contributed by atoms with E-state index in [0.29, 0.717) is 10.3 Å². The van der Waals surface area contributed by atoms with E-state index >= 15 is 0 Å². The molecule has 2 rings (SSSR count). The highest BCUT2D eigenvalue weighted by Crippen LogP contribution is 2.36. The molecule has 1 heterocycles. The molecule has 0 spiro atoms. The molecule has 0 unspecified atom stereocenters. The van der Waals surface area contributed by atoms with Gasteiger partial charge in [0.1, 0.15) is 5.69 Å². The molecule has 1 fully saturated rings. The maximum Gasteiger partial charge on any atom is 0.203 e. The molecule has 0 saturated heterocycles. The van der Waals surface area contributed by atoms with Gasteiger partial charge < -0.3 is 0 Å². The van der Waals surface area contributed by atoms with E-state index in [1.807, 2.05) is 14.1 Å². The van der Waals surface area contributed by atoms with Crippen molar-refractivity contribution in [3.8, 4) is 0 Å². The first-order valence-corrected chi connectivity index (χ1v) is 7.06. The number of rotatable bonds is 3. The predicted octanol–water partition coefficient (Wildman–Crippen LogP) is 2.02. The van der Waals surface area contributed by atoms with E-state index in [-0.39, 0.29) is 5.78 Å². The van der Waals surface area contributed by atoms with E-state index in [4.69, 9.17) is 0 Å². The highest BCUT2D eigenvalue weighted by molar-refractivity contribution is 9.10. The first-order valence-electron chi connectivity index (χ1n) is 6.26. The zero-order valence-electron chi connectivity index (χ0n) is 11.1. The number of carbonyl (C=O) groups is 1. The summed E-state index contributed by atoms with van der Waals surface area (Å²) in [4.78, 5) is 15.0. The Hall–Kier alpha value is -0.750. The minimum absolute atomic E-state index is 0.131. The fraction of sp³-hybridized carbons (Fsp3) is 0.750. The van der Waals surface area contributed by atoms with Crippen LogP contribution >= 0.6 is 15.9 Å². The van der Waals surface area contributed by atoms with Crippen LogP contribution in [0.25, 0.3) is 0 Å². The summed E-state index contributed by atoms with van der Waals surface area (Å²) in [7, 11) is 5.74. The van der Waals surface area contributed by atoms with Crippen molar-refractivity contribution in [2.45, 2.75) is 37.6 Å². The summed E-state index contributed by atoms with van der Waals surface area (Å²) in [5, 5.41) is 7.82. The van der Waals surface area contributed by atoms with Crippen LogP contribution in [0.3, 0.4) is 0 Å². The van der Waals surface area contributed by atoms with Crippen LogP contribution in [0, 0.1) is 0 Å².